The summed E-state index contributed by atoms with van der Waals surface area (Å²) in [5.74, 6) is 0.797. The molecule has 1 unspecified atom stereocenters. The van der Waals surface area contributed by atoms with E-state index < -0.39 is 0 Å². The highest BCUT2D eigenvalue weighted by Crippen LogP contribution is 2.31. The van der Waals surface area contributed by atoms with Crippen molar-refractivity contribution in [3.63, 3.8) is 0 Å². The molecule has 1 aliphatic carbocycles. The van der Waals surface area contributed by atoms with Crippen molar-refractivity contribution in [2.24, 2.45) is 5.92 Å². The van der Waals surface area contributed by atoms with Gasteiger partial charge in [0.1, 0.15) is 0 Å². The van der Waals surface area contributed by atoms with E-state index in [1.807, 2.05) is 42.5 Å². The number of benzene rings is 2. The highest BCUT2D eigenvalue weighted by atomic mass is 35.5. The first kappa shape index (κ1) is 15.1. The number of anilines is 1. The fourth-order valence-electron chi connectivity index (χ4n) is 2.57. The molecule has 1 saturated carbocycles. The van der Waals surface area contributed by atoms with E-state index in [4.69, 9.17) is 11.6 Å². The highest BCUT2D eigenvalue weighted by Gasteiger charge is 2.23. The van der Waals surface area contributed by atoms with Crippen molar-refractivity contribution in [1.29, 1.82) is 0 Å². The molecular weight excluding hydrogens is 296 g/mol. The molecule has 4 heteroatoms. The van der Waals surface area contributed by atoms with Crippen LogP contribution >= 0.6 is 11.6 Å². The molecule has 1 atom stereocenters. The molecule has 3 rings (SSSR count). The van der Waals surface area contributed by atoms with Crippen molar-refractivity contribution in [1.82, 2.24) is 5.32 Å². The summed E-state index contributed by atoms with van der Waals surface area (Å²) in [6, 6.07) is 16.0. The van der Waals surface area contributed by atoms with E-state index in [1.165, 1.54) is 18.4 Å². The van der Waals surface area contributed by atoms with Crippen LogP contribution in [0.15, 0.2) is 48.5 Å². The van der Waals surface area contributed by atoms with Gasteiger partial charge in [0.25, 0.3) is 0 Å². The van der Waals surface area contributed by atoms with Crippen molar-refractivity contribution in [2.45, 2.75) is 18.9 Å². The maximum atomic E-state index is 10.6. The van der Waals surface area contributed by atoms with Gasteiger partial charge in [0.2, 0.25) is 6.41 Å². The second kappa shape index (κ2) is 6.95. The Kier molecular flexibility index (Phi) is 4.76. The fraction of sp³-hybridized carbons (Fsp3) is 0.278. The highest BCUT2D eigenvalue weighted by molar-refractivity contribution is 6.30. The lowest BCUT2D eigenvalue weighted by atomic mass is 9.98. The van der Waals surface area contributed by atoms with Crippen molar-refractivity contribution < 1.29 is 4.79 Å². The Hall–Kier alpha value is -1.84. The zero-order chi connectivity index (χ0) is 15.4. The van der Waals surface area contributed by atoms with Crippen LogP contribution in [0.3, 0.4) is 0 Å². The smallest absolute Gasteiger partial charge is 0.211 e. The predicted octanol–water partition coefficient (Wildman–Crippen LogP) is 4.00. The molecule has 2 N–H and O–H groups in total. The zero-order valence-electron chi connectivity index (χ0n) is 12.3. The molecule has 2 aromatic carbocycles. The van der Waals surface area contributed by atoms with E-state index in [0.717, 1.165) is 28.7 Å². The van der Waals surface area contributed by atoms with Gasteiger partial charge >= 0.3 is 0 Å². The van der Waals surface area contributed by atoms with E-state index in [1.54, 1.807) is 0 Å². The molecule has 1 aliphatic rings. The Morgan fingerprint density at radius 1 is 1.14 bits per heavy atom. The number of amides is 1. The van der Waals surface area contributed by atoms with Crippen LogP contribution < -0.4 is 10.6 Å². The third-order valence-corrected chi connectivity index (χ3v) is 4.21. The summed E-state index contributed by atoms with van der Waals surface area (Å²) in [5, 5.41) is 7.09. The van der Waals surface area contributed by atoms with Gasteiger partial charge in [-0.1, -0.05) is 35.9 Å². The summed E-state index contributed by atoms with van der Waals surface area (Å²) in [6.07, 6.45) is 3.33. The average Bonchev–Trinajstić information content (AvgIpc) is 3.34. The van der Waals surface area contributed by atoms with E-state index in [2.05, 4.69) is 16.7 Å². The van der Waals surface area contributed by atoms with Crippen LogP contribution in [0.1, 0.15) is 30.0 Å². The number of hydrogen-bond donors (Lipinski definition) is 2. The number of halogens is 1. The summed E-state index contributed by atoms with van der Waals surface area (Å²) >= 11 is 6.00. The summed E-state index contributed by atoms with van der Waals surface area (Å²) in [7, 11) is 0. The topological polar surface area (TPSA) is 41.1 Å². The van der Waals surface area contributed by atoms with Crippen molar-refractivity contribution in [3.8, 4) is 0 Å². The molecule has 22 heavy (non-hydrogen) atoms. The Labute approximate surface area is 135 Å². The molecule has 0 aromatic heterocycles. The van der Waals surface area contributed by atoms with Crippen LogP contribution in [-0.4, -0.2) is 13.0 Å². The summed E-state index contributed by atoms with van der Waals surface area (Å²) in [5.41, 5.74) is 3.11. The first-order chi connectivity index (χ1) is 10.8. The lowest BCUT2D eigenvalue weighted by Crippen LogP contribution is -2.24. The number of hydrogen-bond acceptors (Lipinski definition) is 2. The zero-order valence-corrected chi connectivity index (χ0v) is 13.0. The number of nitrogens with one attached hydrogen (secondary N) is 2. The Morgan fingerprint density at radius 3 is 2.59 bits per heavy atom. The molecular formula is C18H19ClN2O. The summed E-state index contributed by atoms with van der Waals surface area (Å²) in [4.78, 5) is 10.6. The van der Waals surface area contributed by atoms with Gasteiger partial charge in [0, 0.05) is 10.7 Å². The first-order valence-corrected chi connectivity index (χ1v) is 7.93. The lowest BCUT2D eigenvalue weighted by Gasteiger charge is -2.20. The van der Waals surface area contributed by atoms with Crippen LogP contribution in [0.5, 0.6) is 0 Å². The minimum atomic E-state index is 0.103. The molecule has 0 heterocycles. The molecule has 114 valence electrons. The van der Waals surface area contributed by atoms with Gasteiger partial charge in [-0.2, -0.15) is 0 Å². The van der Waals surface area contributed by atoms with Crippen molar-refractivity contribution in [2.75, 3.05) is 11.9 Å². The average molecular weight is 315 g/mol. The monoisotopic (exact) mass is 314 g/mol. The second-order valence-electron chi connectivity index (χ2n) is 5.72. The molecule has 0 spiro atoms. The molecule has 0 aliphatic heterocycles. The van der Waals surface area contributed by atoms with Gasteiger partial charge in [-0.3, -0.25) is 4.79 Å². The minimum absolute atomic E-state index is 0.103. The van der Waals surface area contributed by atoms with Crippen LogP contribution in [0.25, 0.3) is 0 Å². The van der Waals surface area contributed by atoms with Gasteiger partial charge in [-0.25, -0.2) is 0 Å². The van der Waals surface area contributed by atoms with Crippen LogP contribution in [0.4, 0.5) is 5.69 Å². The normalized spacial score (nSPS) is 15.3. The predicted molar refractivity (Wildman–Crippen MR) is 90.2 cm³/mol. The largest absolute Gasteiger partial charge is 0.329 e. The van der Waals surface area contributed by atoms with Crippen LogP contribution in [-0.2, 0) is 4.79 Å². The maximum Gasteiger partial charge on any atom is 0.211 e. The summed E-state index contributed by atoms with van der Waals surface area (Å²) < 4.78 is 0. The molecule has 1 amide bonds. The Morgan fingerprint density at radius 2 is 1.91 bits per heavy atom. The first-order valence-electron chi connectivity index (χ1n) is 7.55. The maximum absolute atomic E-state index is 10.6. The third-order valence-electron chi connectivity index (χ3n) is 3.96. The van der Waals surface area contributed by atoms with Crippen molar-refractivity contribution in [3.05, 3.63) is 64.7 Å². The van der Waals surface area contributed by atoms with Gasteiger partial charge in [0.05, 0.1) is 6.04 Å². The molecule has 0 saturated heterocycles. The van der Waals surface area contributed by atoms with E-state index in [0.29, 0.717) is 6.41 Å². The number of carbonyl (C=O) groups excluding carboxylic acids is 1. The summed E-state index contributed by atoms with van der Waals surface area (Å²) in [6.45, 7) is 1.01. The van der Waals surface area contributed by atoms with Gasteiger partial charge in [-0.15, -0.1) is 0 Å². The van der Waals surface area contributed by atoms with Gasteiger partial charge < -0.3 is 10.6 Å². The third kappa shape index (κ3) is 3.87. The van der Waals surface area contributed by atoms with Gasteiger partial charge in [-0.05, 0) is 60.7 Å². The SMILES string of the molecule is O=CNc1cccc(C(NCC2CC2)c2ccc(Cl)cc2)c1. The number of rotatable bonds is 7. The second-order valence-corrected chi connectivity index (χ2v) is 6.16. The minimum Gasteiger partial charge on any atom is -0.329 e. The molecule has 2 aromatic rings. The van der Waals surface area contributed by atoms with E-state index in [9.17, 15) is 4.79 Å². The molecule has 0 radical (unpaired) electrons. The van der Waals surface area contributed by atoms with Gasteiger partial charge in [0.15, 0.2) is 0 Å². The van der Waals surface area contributed by atoms with E-state index >= 15 is 0 Å². The van der Waals surface area contributed by atoms with Crippen LogP contribution in [0, 0.1) is 5.92 Å². The quantitative estimate of drug-likeness (QED) is 0.758. The van der Waals surface area contributed by atoms with Crippen molar-refractivity contribution >= 4 is 23.7 Å². The lowest BCUT2D eigenvalue weighted by molar-refractivity contribution is -0.105. The Bertz CT molecular complexity index is 638. The fourth-order valence-corrected chi connectivity index (χ4v) is 2.69. The molecule has 1 fully saturated rings. The Balaban J connectivity index is 1.87. The number of carbonyl (C=O) groups is 1. The standard InChI is InChI=1S/C18H19ClN2O/c19-16-8-6-14(7-9-16)18(20-11-13-4-5-13)15-2-1-3-17(10-15)21-12-22/h1-3,6-10,12-13,18,20H,4-5,11H2,(H,21,22). The van der Waals surface area contributed by atoms with E-state index in [-0.39, 0.29) is 6.04 Å². The van der Waals surface area contributed by atoms with Crippen LogP contribution in [0.2, 0.25) is 5.02 Å². The molecule has 0 bridgehead atoms. The molecule has 3 nitrogen and oxygen atoms in total.